The molecule has 0 radical (unpaired) electrons. The maximum absolute atomic E-state index is 12.4. The molecule has 1 amide bonds. The first-order valence-electron chi connectivity index (χ1n) is 7.27. The molecule has 0 aliphatic rings. The van der Waals surface area contributed by atoms with Gasteiger partial charge in [-0.05, 0) is 79.3 Å². The van der Waals surface area contributed by atoms with E-state index in [0.29, 0.717) is 23.4 Å². The fraction of sp³-hybridized carbons (Fsp3) is 0.222. The fourth-order valence-electron chi connectivity index (χ4n) is 2.14. The van der Waals surface area contributed by atoms with Crippen molar-refractivity contribution in [2.24, 2.45) is 0 Å². The molecule has 0 saturated heterocycles. The summed E-state index contributed by atoms with van der Waals surface area (Å²) in [7, 11) is 0. The zero-order valence-corrected chi connectivity index (χ0v) is 15.4. The van der Waals surface area contributed by atoms with Crippen molar-refractivity contribution < 1.29 is 14.3 Å². The number of anilines is 1. The Morgan fingerprint density at radius 1 is 1.13 bits per heavy atom. The molecule has 0 unspecified atom stereocenters. The summed E-state index contributed by atoms with van der Waals surface area (Å²) < 4.78 is 5.88. The number of carbonyl (C=O) groups is 2. The van der Waals surface area contributed by atoms with Gasteiger partial charge in [0, 0.05) is 9.26 Å². The zero-order valence-electron chi connectivity index (χ0n) is 13.3. The second-order valence-corrected chi connectivity index (χ2v) is 6.35. The predicted octanol–water partition coefficient (Wildman–Crippen LogP) is 4.34. The van der Waals surface area contributed by atoms with Crippen LogP contribution in [-0.2, 0) is 4.74 Å². The minimum atomic E-state index is -0.360. The molecule has 0 aromatic heterocycles. The molecule has 5 heteroatoms. The van der Waals surface area contributed by atoms with Crippen molar-refractivity contribution in [1.82, 2.24) is 0 Å². The van der Waals surface area contributed by atoms with Crippen LogP contribution in [0.1, 0.15) is 38.8 Å². The van der Waals surface area contributed by atoms with Gasteiger partial charge in [0.25, 0.3) is 5.91 Å². The van der Waals surface area contributed by atoms with Gasteiger partial charge in [-0.2, -0.15) is 0 Å². The number of hydrogen-bond acceptors (Lipinski definition) is 3. The highest BCUT2D eigenvalue weighted by molar-refractivity contribution is 14.1. The highest BCUT2D eigenvalue weighted by Gasteiger charge is 2.13. The van der Waals surface area contributed by atoms with Crippen LogP contribution in [-0.4, -0.2) is 18.5 Å². The van der Waals surface area contributed by atoms with E-state index in [1.165, 1.54) is 0 Å². The maximum atomic E-state index is 12.4. The topological polar surface area (TPSA) is 55.4 Å². The van der Waals surface area contributed by atoms with E-state index in [9.17, 15) is 9.59 Å². The summed E-state index contributed by atoms with van der Waals surface area (Å²) in [5, 5.41) is 2.89. The van der Waals surface area contributed by atoms with Crippen LogP contribution >= 0.6 is 22.6 Å². The fourth-order valence-corrected chi connectivity index (χ4v) is 3.06. The summed E-state index contributed by atoms with van der Waals surface area (Å²) in [6, 6.07) is 10.8. The number of benzene rings is 2. The molecule has 120 valence electrons. The third kappa shape index (κ3) is 4.31. The second kappa shape index (κ2) is 7.59. The van der Waals surface area contributed by atoms with E-state index in [4.69, 9.17) is 4.74 Å². The molecule has 0 heterocycles. The average molecular weight is 423 g/mol. The smallest absolute Gasteiger partial charge is 0.338 e. The Balaban J connectivity index is 2.20. The van der Waals surface area contributed by atoms with Gasteiger partial charge < -0.3 is 10.1 Å². The quantitative estimate of drug-likeness (QED) is 0.588. The number of carbonyl (C=O) groups excluding carboxylic acids is 2. The minimum absolute atomic E-state index is 0.165. The zero-order chi connectivity index (χ0) is 17.0. The van der Waals surface area contributed by atoms with Gasteiger partial charge in [0.15, 0.2) is 0 Å². The van der Waals surface area contributed by atoms with Gasteiger partial charge >= 0.3 is 5.97 Å². The molecule has 0 bridgehead atoms. The first kappa shape index (κ1) is 17.5. The highest BCUT2D eigenvalue weighted by atomic mass is 127. The SMILES string of the molecule is CCOC(=O)c1ccc(NC(=O)c2ccc(C)cc2I)c(C)c1. The van der Waals surface area contributed by atoms with Crippen LogP contribution < -0.4 is 5.32 Å². The number of hydrogen-bond donors (Lipinski definition) is 1. The third-order valence-electron chi connectivity index (χ3n) is 3.35. The van der Waals surface area contributed by atoms with E-state index in [0.717, 1.165) is 14.7 Å². The van der Waals surface area contributed by atoms with E-state index < -0.39 is 0 Å². The van der Waals surface area contributed by atoms with Gasteiger partial charge in [-0.3, -0.25) is 4.79 Å². The van der Waals surface area contributed by atoms with Crippen LogP contribution in [0.15, 0.2) is 36.4 Å². The van der Waals surface area contributed by atoms with Gasteiger partial charge in [0.1, 0.15) is 0 Å². The first-order chi connectivity index (χ1) is 10.9. The molecule has 0 spiro atoms. The normalized spacial score (nSPS) is 10.3. The maximum Gasteiger partial charge on any atom is 0.338 e. The molecule has 4 nitrogen and oxygen atoms in total. The summed E-state index contributed by atoms with van der Waals surface area (Å²) in [6.45, 7) is 5.94. The van der Waals surface area contributed by atoms with Crippen molar-refractivity contribution in [3.8, 4) is 0 Å². The van der Waals surface area contributed by atoms with Crippen molar-refractivity contribution in [2.75, 3.05) is 11.9 Å². The Kier molecular flexibility index (Phi) is 5.76. The Hall–Kier alpha value is -1.89. The Bertz CT molecular complexity index is 756. The molecule has 1 N–H and O–H groups in total. The predicted molar refractivity (Wildman–Crippen MR) is 99.0 cm³/mol. The van der Waals surface area contributed by atoms with Crippen LogP contribution in [0.3, 0.4) is 0 Å². The number of aryl methyl sites for hydroxylation is 2. The summed E-state index contributed by atoms with van der Waals surface area (Å²) in [5.74, 6) is -0.525. The van der Waals surface area contributed by atoms with E-state index in [2.05, 4.69) is 27.9 Å². The van der Waals surface area contributed by atoms with Crippen molar-refractivity contribution >= 4 is 40.2 Å². The van der Waals surface area contributed by atoms with Gasteiger partial charge in [-0.1, -0.05) is 11.6 Å². The van der Waals surface area contributed by atoms with E-state index in [-0.39, 0.29) is 11.9 Å². The molecule has 2 aromatic carbocycles. The van der Waals surface area contributed by atoms with E-state index in [1.807, 2.05) is 32.0 Å². The largest absolute Gasteiger partial charge is 0.462 e. The number of amides is 1. The second-order valence-electron chi connectivity index (χ2n) is 5.19. The van der Waals surface area contributed by atoms with Gasteiger partial charge in [0.05, 0.1) is 17.7 Å². The number of halogens is 1. The van der Waals surface area contributed by atoms with Gasteiger partial charge in [-0.15, -0.1) is 0 Å². The van der Waals surface area contributed by atoms with Gasteiger partial charge in [-0.25, -0.2) is 4.79 Å². The number of nitrogens with one attached hydrogen (secondary N) is 1. The standard InChI is InChI=1S/C18H18INO3/c1-4-23-18(22)13-6-8-16(12(3)10-13)20-17(21)14-7-5-11(2)9-15(14)19/h5-10H,4H2,1-3H3,(H,20,21). The molecular formula is C18H18INO3. The summed E-state index contributed by atoms with van der Waals surface area (Å²) >= 11 is 2.15. The van der Waals surface area contributed by atoms with Crippen molar-refractivity contribution in [3.05, 3.63) is 62.2 Å². The lowest BCUT2D eigenvalue weighted by Crippen LogP contribution is -2.15. The molecule has 0 aliphatic carbocycles. The number of rotatable bonds is 4. The third-order valence-corrected chi connectivity index (χ3v) is 4.25. The monoisotopic (exact) mass is 423 g/mol. The lowest BCUT2D eigenvalue weighted by atomic mass is 10.1. The van der Waals surface area contributed by atoms with E-state index >= 15 is 0 Å². The Morgan fingerprint density at radius 3 is 2.48 bits per heavy atom. The molecule has 2 rings (SSSR count). The lowest BCUT2D eigenvalue weighted by Gasteiger charge is -2.11. The summed E-state index contributed by atoms with van der Waals surface area (Å²) in [4.78, 5) is 24.1. The summed E-state index contributed by atoms with van der Waals surface area (Å²) in [6.07, 6.45) is 0. The highest BCUT2D eigenvalue weighted by Crippen LogP contribution is 2.20. The van der Waals surface area contributed by atoms with Crippen LogP contribution in [0, 0.1) is 17.4 Å². The molecular weight excluding hydrogens is 405 g/mol. The lowest BCUT2D eigenvalue weighted by molar-refractivity contribution is 0.0526. The van der Waals surface area contributed by atoms with Crippen molar-refractivity contribution in [2.45, 2.75) is 20.8 Å². The number of esters is 1. The molecule has 0 atom stereocenters. The van der Waals surface area contributed by atoms with Gasteiger partial charge in [0.2, 0.25) is 0 Å². The average Bonchev–Trinajstić information content (AvgIpc) is 2.49. The number of ether oxygens (including phenoxy) is 1. The van der Waals surface area contributed by atoms with Crippen LogP contribution in [0.25, 0.3) is 0 Å². The minimum Gasteiger partial charge on any atom is -0.462 e. The summed E-state index contributed by atoms with van der Waals surface area (Å²) in [5.41, 5.74) is 3.71. The first-order valence-corrected chi connectivity index (χ1v) is 8.35. The molecule has 23 heavy (non-hydrogen) atoms. The van der Waals surface area contributed by atoms with Crippen LogP contribution in [0.2, 0.25) is 0 Å². The van der Waals surface area contributed by atoms with Crippen molar-refractivity contribution in [3.63, 3.8) is 0 Å². The van der Waals surface area contributed by atoms with Crippen LogP contribution in [0.5, 0.6) is 0 Å². The molecule has 0 aliphatic heterocycles. The molecule has 0 fully saturated rings. The molecule has 0 saturated carbocycles. The molecule has 2 aromatic rings. The Morgan fingerprint density at radius 2 is 1.87 bits per heavy atom. The van der Waals surface area contributed by atoms with E-state index in [1.54, 1.807) is 25.1 Å². The van der Waals surface area contributed by atoms with Crippen LogP contribution in [0.4, 0.5) is 5.69 Å². The Labute approximate surface area is 149 Å². The van der Waals surface area contributed by atoms with Crippen molar-refractivity contribution in [1.29, 1.82) is 0 Å².